The van der Waals surface area contributed by atoms with Crippen LogP contribution in [0.3, 0.4) is 0 Å². The van der Waals surface area contributed by atoms with E-state index >= 15 is 0 Å². The predicted octanol–water partition coefficient (Wildman–Crippen LogP) is 7.12. The number of carboxylic acids is 2. The highest BCUT2D eigenvalue weighted by Gasteiger charge is 2.35. The maximum absolute atomic E-state index is 14.4. The summed E-state index contributed by atoms with van der Waals surface area (Å²) in [6.45, 7) is 4.35. The number of methoxy groups -OCH3 is 1. The van der Waals surface area contributed by atoms with Gasteiger partial charge in [-0.3, -0.25) is 38.5 Å². The van der Waals surface area contributed by atoms with Gasteiger partial charge in [-0.2, -0.15) is 0 Å². The smallest absolute Gasteiger partial charge is 0.326 e. The molecule has 1 fully saturated rings. The molecular weight excluding hydrogens is 1250 g/mol. The van der Waals surface area contributed by atoms with Crippen molar-refractivity contribution in [2.75, 3.05) is 45.2 Å². The SMILES string of the molecule is CNC(=O)C[C@@H]1NC(=O)c2csc(n2)-c2ccc(-c3nc(N(CC(=O)O)C(=O)N4CCC(C(=O)O)CC4)cs3)nc2-c2csc(n2)-c2csc(n2)[C@H]([C@@H](O)c2ccccc2)NC(=O)CNC(=O)c2nc(sc2COC)C(C(C)C)NC(=O)c2nc1sc2C. The highest BCUT2D eigenvalue weighted by atomic mass is 32.1. The minimum Gasteiger partial charge on any atom is -0.481 e. The number of amides is 7. The van der Waals surface area contributed by atoms with Crippen molar-refractivity contribution in [2.45, 2.75) is 70.9 Å². The number of carbonyl (C=O) groups excluding carboxylic acids is 6. The summed E-state index contributed by atoms with van der Waals surface area (Å²) in [6.07, 6.45) is -1.16. The Morgan fingerprint density at radius 2 is 1.41 bits per heavy atom. The second-order valence-corrected chi connectivity index (χ2v) is 26.3. The van der Waals surface area contributed by atoms with Gasteiger partial charge in [0.15, 0.2) is 0 Å². The van der Waals surface area contributed by atoms with Gasteiger partial charge in [-0.05, 0) is 43.4 Å². The molecule has 2 aliphatic rings. The average Bonchev–Trinajstić information content (AvgIpc) is 2.82. The van der Waals surface area contributed by atoms with E-state index in [-0.39, 0.29) is 78.5 Å². The van der Waals surface area contributed by atoms with Gasteiger partial charge >= 0.3 is 18.0 Å². The molecule has 0 saturated carbocycles. The lowest BCUT2D eigenvalue weighted by molar-refractivity contribution is -0.143. The Hall–Kier alpha value is -8.37. The van der Waals surface area contributed by atoms with Crippen LogP contribution in [0.1, 0.15) is 119 Å². The Bertz CT molecular complexity index is 3940. The van der Waals surface area contributed by atoms with E-state index in [1.54, 1.807) is 60.1 Å². The average molecular weight is 1310 g/mol. The molecule has 0 radical (unpaired) electrons. The van der Waals surface area contributed by atoms with Crippen molar-refractivity contribution in [1.82, 2.24) is 66.4 Å². The highest BCUT2D eigenvalue weighted by molar-refractivity contribution is 7.15. The quantitative estimate of drug-likeness (QED) is 0.0603. The van der Waals surface area contributed by atoms with Crippen LogP contribution in [0.2, 0.25) is 0 Å². The van der Waals surface area contributed by atoms with Gasteiger partial charge < -0.3 is 51.5 Å². The summed E-state index contributed by atoms with van der Waals surface area (Å²) < 4.78 is 5.45. The summed E-state index contributed by atoms with van der Waals surface area (Å²) in [5.41, 5.74) is 2.16. The number of aryl methyl sites for hydroxylation is 1. The summed E-state index contributed by atoms with van der Waals surface area (Å²) >= 11 is 6.86. The van der Waals surface area contributed by atoms with E-state index in [9.17, 15) is 53.7 Å². The molecule has 8 aromatic rings. The summed E-state index contributed by atoms with van der Waals surface area (Å²) in [5, 5.41) is 53.9. The zero-order valence-electron chi connectivity index (χ0n) is 47.5. The first kappa shape index (κ1) is 62.7. The van der Waals surface area contributed by atoms with Crippen molar-refractivity contribution in [3.63, 3.8) is 0 Å². The summed E-state index contributed by atoms with van der Waals surface area (Å²) in [5.74, 6) is -6.16. The topological polar surface area (TPSA) is 363 Å². The van der Waals surface area contributed by atoms with Crippen LogP contribution in [0.25, 0.3) is 43.4 Å². The number of pyridine rings is 1. The third kappa shape index (κ3) is 14.0. The first-order chi connectivity index (χ1) is 42.3. The number of likely N-dealkylation sites (tertiary alicyclic amines) is 1. The fraction of sp³-hybridized carbons (Fsp3) is 0.339. The molecule has 0 spiro atoms. The lowest BCUT2D eigenvalue weighted by atomic mass is 9.97. The molecule has 88 heavy (non-hydrogen) atoms. The molecule has 1 unspecified atom stereocenters. The Balaban J connectivity index is 1.05. The standard InChI is InChI=1S/C56H56N14O12S6/c1-25(2)40-54-68-43(35(88-54)20-82-5)47(77)58-18-38(72)65-44(45(75)27-9-7-6-8-10-27)53-63-34(23-85-53)51-61-32(21-84-51)42-29(49-62-33(22-83-49)46(76)60-31(17-37(71)57-4)52-67-41(26(3)87-52)48(78)66-40)11-12-30(59-42)50-64-36(24-86-50)70(19-39(73)74)56(81)69-15-13-28(14-16-69)55(79)80/h6-12,21-25,28,31,40,44-45,75H,13-20H2,1-5H3,(H,57,71)(H,58,77)(H,60,76)(H,65,72)(H,66,78)(H,73,74)(H,79,80)/t31-,40?,44-,45-/m0/s1. The van der Waals surface area contributed by atoms with E-state index in [1.165, 1.54) is 41.2 Å². The number of carbonyl (C=O) groups is 8. The number of thiazole rings is 6. The number of aliphatic hydroxyl groups excluding tert-OH is 1. The van der Waals surface area contributed by atoms with Crippen LogP contribution in [0.5, 0.6) is 0 Å². The second kappa shape index (κ2) is 27.3. The van der Waals surface area contributed by atoms with Gasteiger partial charge in [-0.1, -0.05) is 44.2 Å². The summed E-state index contributed by atoms with van der Waals surface area (Å²) in [4.78, 5) is 145. The molecule has 26 nitrogen and oxygen atoms in total. The van der Waals surface area contributed by atoms with Gasteiger partial charge in [0.25, 0.3) is 17.7 Å². The number of carboxylic acid groups (broad SMARTS) is 2. The Kier molecular flexibility index (Phi) is 19.5. The van der Waals surface area contributed by atoms with E-state index in [1.807, 2.05) is 13.8 Å². The summed E-state index contributed by atoms with van der Waals surface area (Å²) in [7, 11) is 2.91. The van der Waals surface area contributed by atoms with Crippen molar-refractivity contribution in [3.8, 4) is 43.4 Å². The number of piperidine rings is 1. The molecule has 2 aliphatic heterocycles. The van der Waals surface area contributed by atoms with Crippen molar-refractivity contribution in [3.05, 3.63) is 111 Å². The maximum atomic E-state index is 14.4. The van der Waals surface area contributed by atoms with Crippen molar-refractivity contribution in [1.29, 1.82) is 0 Å². The zero-order chi connectivity index (χ0) is 62.5. The minimum atomic E-state index is -1.31. The normalized spacial score (nSPS) is 17.3. The molecule has 10 rings (SSSR count). The molecule has 10 bridgehead atoms. The van der Waals surface area contributed by atoms with Crippen LogP contribution in [-0.2, 0) is 30.5 Å². The lowest BCUT2D eigenvalue weighted by Crippen LogP contribution is -2.49. The first-order valence-electron chi connectivity index (χ1n) is 27.2. The van der Waals surface area contributed by atoms with Gasteiger partial charge in [-0.25, -0.2) is 39.7 Å². The van der Waals surface area contributed by atoms with Gasteiger partial charge in [0.1, 0.15) is 88.7 Å². The van der Waals surface area contributed by atoms with Crippen molar-refractivity contribution >= 4 is 121 Å². The molecule has 8 N–H and O–H groups in total. The van der Waals surface area contributed by atoms with Crippen molar-refractivity contribution < 1.29 is 58.4 Å². The number of hydrogen-bond donors (Lipinski definition) is 8. The monoisotopic (exact) mass is 1310 g/mol. The second-order valence-electron chi connectivity index (χ2n) is 20.5. The third-order valence-electron chi connectivity index (χ3n) is 14.1. The number of aliphatic hydroxyl groups is 1. The van der Waals surface area contributed by atoms with E-state index in [0.717, 1.165) is 61.6 Å². The molecule has 32 heteroatoms. The minimum absolute atomic E-state index is 0.0158. The van der Waals surface area contributed by atoms with Crippen LogP contribution in [0.4, 0.5) is 10.6 Å². The lowest BCUT2D eigenvalue weighted by Gasteiger charge is -2.33. The highest BCUT2D eigenvalue weighted by Crippen LogP contribution is 2.40. The molecule has 9 heterocycles. The number of nitrogens with one attached hydrogen (secondary N) is 5. The molecule has 1 aromatic carbocycles. The van der Waals surface area contributed by atoms with Gasteiger partial charge in [0.05, 0.1) is 48.1 Å². The number of rotatable bonds is 12. The van der Waals surface area contributed by atoms with Gasteiger partial charge in [0.2, 0.25) is 11.8 Å². The van der Waals surface area contributed by atoms with Crippen LogP contribution >= 0.6 is 68.0 Å². The fourth-order valence-electron chi connectivity index (χ4n) is 9.57. The molecule has 7 aromatic heterocycles. The van der Waals surface area contributed by atoms with E-state index in [4.69, 9.17) is 29.7 Å². The van der Waals surface area contributed by atoms with Crippen LogP contribution in [-0.4, -0.2) is 143 Å². The largest absolute Gasteiger partial charge is 0.481 e. The third-order valence-corrected chi connectivity index (χ3v) is 19.9. The number of anilines is 1. The Morgan fingerprint density at radius 1 is 0.716 bits per heavy atom. The molecule has 4 atom stereocenters. The van der Waals surface area contributed by atoms with E-state index in [2.05, 4.69) is 36.6 Å². The molecule has 1 saturated heterocycles. The van der Waals surface area contributed by atoms with E-state index < -0.39 is 90.7 Å². The zero-order valence-corrected chi connectivity index (χ0v) is 52.4. The first-order valence-corrected chi connectivity index (χ1v) is 32.4. The van der Waals surface area contributed by atoms with Crippen LogP contribution in [0.15, 0.2) is 64.0 Å². The number of aliphatic carboxylic acids is 2. The number of ether oxygens (including phenoxy) is 1. The number of benzene rings is 1. The van der Waals surface area contributed by atoms with Crippen LogP contribution in [0, 0.1) is 18.8 Å². The number of nitrogens with zero attached hydrogens (tertiary/aromatic N) is 9. The molecular formula is C56H56N14O12S6. The predicted molar refractivity (Wildman–Crippen MR) is 329 cm³/mol. The van der Waals surface area contributed by atoms with Crippen LogP contribution < -0.4 is 31.5 Å². The van der Waals surface area contributed by atoms with Crippen molar-refractivity contribution in [2.24, 2.45) is 11.8 Å². The Morgan fingerprint density at radius 3 is 2.12 bits per heavy atom. The molecule has 458 valence electrons. The number of hydrogen-bond acceptors (Lipinski definition) is 23. The molecule has 7 amide bonds. The Labute approximate surface area is 525 Å². The molecule has 0 aliphatic carbocycles. The number of urea groups is 1. The number of aromatic nitrogens is 7. The maximum Gasteiger partial charge on any atom is 0.326 e. The fourth-order valence-corrected chi connectivity index (χ4v) is 15.1. The van der Waals surface area contributed by atoms with Gasteiger partial charge in [0, 0.05) is 59.2 Å². The summed E-state index contributed by atoms with van der Waals surface area (Å²) in [6, 6.07) is 8.49. The van der Waals surface area contributed by atoms with E-state index in [0.29, 0.717) is 63.0 Å². The van der Waals surface area contributed by atoms with Gasteiger partial charge in [-0.15, -0.1) is 68.0 Å². The number of fused-ring (bicyclic) bond motifs is 14.